The van der Waals surface area contributed by atoms with Gasteiger partial charge in [0.05, 0.1) is 5.69 Å². The highest BCUT2D eigenvalue weighted by molar-refractivity contribution is 6.30. The maximum Gasteiger partial charge on any atom is 0.335 e. The van der Waals surface area contributed by atoms with Crippen molar-refractivity contribution in [2.24, 2.45) is 4.99 Å². The fourth-order valence-corrected chi connectivity index (χ4v) is 2.25. The van der Waals surface area contributed by atoms with Crippen molar-refractivity contribution >= 4 is 23.6 Å². The van der Waals surface area contributed by atoms with Crippen molar-refractivity contribution < 1.29 is 5.11 Å². The lowest BCUT2D eigenvalue weighted by molar-refractivity contribution is 0.430. The number of hydrogen-bond acceptors (Lipinski definition) is 5. The Bertz CT molecular complexity index is 1030. The summed E-state index contributed by atoms with van der Waals surface area (Å²) in [5.41, 5.74) is -1.39. The van der Waals surface area contributed by atoms with Gasteiger partial charge < -0.3 is 5.11 Å². The number of aliphatic imine (C=N–C) groups is 1. The molecule has 120 valence electrons. The second-order valence-corrected chi connectivity index (χ2v) is 5.19. The van der Waals surface area contributed by atoms with E-state index in [9.17, 15) is 14.7 Å². The van der Waals surface area contributed by atoms with Crippen LogP contribution in [-0.2, 0) is 0 Å². The van der Waals surface area contributed by atoms with E-state index in [2.05, 4.69) is 15.0 Å². The van der Waals surface area contributed by atoms with Crippen LogP contribution in [0.1, 0.15) is 5.56 Å². The normalized spacial score (nSPS) is 11.0. The van der Waals surface area contributed by atoms with Crippen molar-refractivity contribution in [1.82, 2.24) is 14.5 Å². The van der Waals surface area contributed by atoms with E-state index in [0.717, 1.165) is 10.8 Å². The molecule has 0 atom stereocenters. The average Bonchev–Trinajstić information content (AvgIpc) is 2.55. The van der Waals surface area contributed by atoms with Gasteiger partial charge in [0.1, 0.15) is 5.56 Å². The summed E-state index contributed by atoms with van der Waals surface area (Å²) in [6.45, 7) is 0. The number of aromatic amines is 1. The number of halogens is 1. The van der Waals surface area contributed by atoms with Crippen molar-refractivity contribution in [3.63, 3.8) is 0 Å². The number of benzene rings is 1. The van der Waals surface area contributed by atoms with Gasteiger partial charge in [-0.05, 0) is 30.3 Å². The van der Waals surface area contributed by atoms with Gasteiger partial charge in [-0.3, -0.25) is 9.78 Å². The minimum absolute atomic E-state index is 0.166. The first-order chi connectivity index (χ1) is 11.6. The number of aromatic hydroxyl groups is 1. The van der Waals surface area contributed by atoms with Gasteiger partial charge in [-0.15, -0.1) is 0 Å². The molecule has 2 N–H and O–H groups in total. The van der Waals surface area contributed by atoms with Gasteiger partial charge in [0.15, 0.2) is 5.82 Å². The molecule has 24 heavy (non-hydrogen) atoms. The standard InChI is InChI=1S/C16H11ClN4O3/c17-10-4-3-5-11(8-10)21-15(23)12(14(22)20-16(21)24)9-19-13-6-1-2-7-18-13/h1-9,23H,(H,20,22,24)/b19-9+. The smallest absolute Gasteiger partial charge is 0.335 e. The highest BCUT2D eigenvalue weighted by atomic mass is 35.5. The maximum atomic E-state index is 12.0. The zero-order valence-corrected chi connectivity index (χ0v) is 12.9. The van der Waals surface area contributed by atoms with Crippen LogP contribution >= 0.6 is 11.6 Å². The molecule has 0 radical (unpaired) electrons. The van der Waals surface area contributed by atoms with Crippen LogP contribution in [0.5, 0.6) is 5.88 Å². The Balaban J connectivity index is 2.15. The third-order valence-electron chi connectivity index (χ3n) is 3.16. The molecule has 8 heteroatoms. The zero-order valence-electron chi connectivity index (χ0n) is 12.2. The molecule has 0 fully saturated rings. The lowest BCUT2D eigenvalue weighted by Crippen LogP contribution is -2.31. The summed E-state index contributed by atoms with van der Waals surface area (Å²) in [7, 11) is 0. The number of H-pyrrole nitrogens is 1. The second-order valence-electron chi connectivity index (χ2n) is 4.76. The van der Waals surface area contributed by atoms with E-state index in [1.807, 2.05) is 0 Å². The monoisotopic (exact) mass is 342 g/mol. The number of hydrogen-bond donors (Lipinski definition) is 2. The molecule has 3 rings (SSSR count). The second kappa shape index (κ2) is 6.51. The number of aromatic nitrogens is 3. The first-order valence-corrected chi connectivity index (χ1v) is 7.23. The summed E-state index contributed by atoms with van der Waals surface area (Å²) in [6, 6.07) is 11.4. The minimum Gasteiger partial charge on any atom is -0.493 e. The predicted octanol–water partition coefficient (Wildman–Crippen LogP) is 2.03. The fourth-order valence-electron chi connectivity index (χ4n) is 2.07. The number of nitrogens with one attached hydrogen (secondary N) is 1. The van der Waals surface area contributed by atoms with Gasteiger partial charge in [0, 0.05) is 17.4 Å². The molecule has 0 saturated heterocycles. The summed E-state index contributed by atoms with van der Waals surface area (Å²) in [5.74, 6) is -0.178. The minimum atomic E-state index is -0.783. The Hall–Kier alpha value is -3.19. The number of pyridine rings is 1. The van der Waals surface area contributed by atoms with Crippen LogP contribution in [0.15, 0.2) is 63.2 Å². The molecule has 0 bridgehead atoms. The lowest BCUT2D eigenvalue weighted by Gasteiger charge is -2.09. The highest BCUT2D eigenvalue weighted by Gasteiger charge is 2.14. The molecule has 1 aromatic carbocycles. The third kappa shape index (κ3) is 3.11. The van der Waals surface area contributed by atoms with Gasteiger partial charge in [0.2, 0.25) is 5.88 Å². The average molecular weight is 343 g/mol. The van der Waals surface area contributed by atoms with E-state index in [0.29, 0.717) is 16.5 Å². The molecule has 0 amide bonds. The van der Waals surface area contributed by atoms with Crippen LogP contribution in [0.4, 0.5) is 5.82 Å². The molecule has 2 heterocycles. The van der Waals surface area contributed by atoms with E-state index < -0.39 is 17.1 Å². The Morgan fingerprint density at radius 3 is 2.75 bits per heavy atom. The number of rotatable bonds is 3. The molecular weight excluding hydrogens is 332 g/mol. The summed E-state index contributed by atoms with van der Waals surface area (Å²) in [4.78, 5) is 34.2. The van der Waals surface area contributed by atoms with E-state index in [1.54, 1.807) is 42.6 Å². The molecule has 2 aromatic heterocycles. The van der Waals surface area contributed by atoms with Gasteiger partial charge in [-0.1, -0.05) is 23.7 Å². The fraction of sp³-hybridized carbons (Fsp3) is 0. The lowest BCUT2D eigenvalue weighted by atomic mass is 10.3. The number of nitrogens with zero attached hydrogens (tertiary/aromatic N) is 3. The van der Waals surface area contributed by atoms with Gasteiger partial charge in [-0.25, -0.2) is 19.3 Å². The molecule has 3 aromatic rings. The first-order valence-electron chi connectivity index (χ1n) is 6.85. The van der Waals surface area contributed by atoms with Crippen molar-refractivity contribution in [2.45, 2.75) is 0 Å². The zero-order chi connectivity index (χ0) is 17.1. The largest absolute Gasteiger partial charge is 0.493 e. The predicted molar refractivity (Wildman–Crippen MR) is 90.8 cm³/mol. The SMILES string of the molecule is O=c1[nH]c(=O)n(-c2cccc(Cl)c2)c(O)c1/C=N/c1ccccn1. The van der Waals surface area contributed by atoms with Crippen molar-refractivity contribution in [3.8, 4) is 11.6 Å². The van der Waals surface area contributed by atoms with E-state index in [-0.39, 0.29) is 5.56 Å². The van der Waals surface area contributed by atoms with Crippen LogP contribution in [0.2, 0.25) is 5.02 Å². The summed E-state index contributed by atoms with van der Waals surface area (Å²) >= 11 is 5.91. The Morgan fingerprint density at radius 1 is 1.21 bits per heavy atom. The first kappa shape index (κ1) is 15.7. The Labute approximate surface area is 140 Å². The van der Waals surface area contributed by atoms with Crippen molar-refractivity contribution in [2.75, 3.05) is 0 Å². The van der Waals surface area contributed by atoms with Crippen LogP contribution in [0.25, 0.3) is 5.69 Å². The van der Waals surface area contributed by atoms with Gasteiger partial charge in [0.25, 0.3) is 5.56 Å². The molecule has 0 aliphatic rings. The summed E-state index contributed by atoms with van der Waals surface area (Å²) in [5, 5.41) is 10.7. The van der Waals surface area contributed by atoms with Gasteiger partial charge >= 0.3 is 5.69 Å². The maximum absolute atomic E-state index is 12.0. The Morgan fingerprint density at radius 2 is 2.04 bits per heavy atom. The van der Waals surface area contributed by atoms with Crippen LogP contribution in [0.3, 0.4) is 0 Å². The van der Waals surface area contributed by atoms with Crippen LogP contribution in [-0.4, -0.2) is 25.9 Å². The van der Waals surface area contributed by atoms with E-state index >= 15 is 0 Å². The molecule has 0 unspecified atom stereocenters. The molecule has 0 aliphatic carbocycles. The molecular formula is C16H11ClN4O3. The third-order valence-corrected chi connectivity index (χ3v) is 3.40. The van der Waals surface area contributed by atoms with E-state index in [1.165, 1.54) is 6.07 Å². The van der Waals surface area contributed by atoms with E-state index in [4.69, 9.17) is 11.6 Å². The van der Waals surface area contributed by atoms with Crippen molar-refractivity contribution in [3.05, 3.63) is 80.1 Å². The molecule has 7 nitrogen and oxygen atoms in total. The van der Waals surface area contributed by atoms with Crippen LogP contribution in [0, 0.1) is 0 Å². The van der Waals surface area contributed by atoms with Gasteiger partial charge in [-0.2, -0.15) is 0 Å². The topological polar surface area (TPSA) is 100 Å². The molecule has 0 spiro atoms. The molecule has 0 saturated carbocycles. The van der Waals surface area contributed by atoms with Crippen molar-refractivity contribution in [1.29, 1.82) is 0 Å². The van der Waals surface area contributed by atoms with Crippen LogP contribution < -0.4 is 11.2 Å². The highest BCUT2D eigenvalue weighted by Crippen LogP contribution is 2.19. The molecule has 0 aliphatic heterocycles. The summed E-state index contributed by atoms with van der Waals surface area (Å²) in [6.07, 6.45) is 2.70. The summed E-state index contributed by atoms with van der Waals surface area (Å²) < 4.78 is 0.938. The quantitative estimate of drug-likeness (QED) is 0.711. The Kier molecular flexibility index (Phi) is 4.26.